The van der Waals surface area contributed by atoms with Gasteiger partial charge in [0.05, 0.1) is 22.8 Å². The summed E-state index contributed by atoms with van der Waals surface area (Å²) >= 11 is 3.39. The minimum atomic E-state index is -0.442. The summed E-state index contributed by atoms with van der Waals surface area (Å²) in [5.41, 5.74) is 6.12. The molecular weight excluding hydrogens is 504 g/mol. The van der Waals surface area contributed by atoms with Crippen molar-refractivity contribution in [3.8, 4) is 0 Å². The number of hydrazone groups is 1. The first-order valence-corrected chi connectivity index (χ1v) is 10.9. The molecule has 0 unspecified atom stereocenters. The van der Waals surface area contributed by atoms with E-state index in [1.807, 2.05) is 24.3 Å². The van der Waals surface area contributed by atoms with Crippen LogP contribution in [0.1, 0.15) is 11.1 Å². The van der Waals surface area contributed by atoms with Crippen molar-refractivity contribution >= 4 is 50.1 Å². The van der Waals surface area contributed by atoms with Gasteiger partial charge in [0.1, 0.15) is 5.69 Å². The zero-order valence-electron chi connectivity index (χ0n) is 19.1. The topological polar surface area (TPSA) is 124 Å². The highest BCUT2D eigenvalue weighted by atomic mass is 79.9. The Balaban J connectivity index is 2.17. The zero-order valence-corrected chi connectivity index (χ0v) is 20.7. The van der Waals surface area contributed by atoms with Crippen LogP contribution < -0.4 is 25.7 Å². The second kappa shape index (κ2) is 10.7. The molecule has 0 aliphatic heterocycles. The molecule has 0 fully saturated rings. The third-order valence-corrected chi connectivity index (χ3v) is 5.54. The molecule has 0 aliphatic rings. The van der Waals surface area contributed by atoms with Crippen molar-refractivity contribution in [3.05, 3.63) is 86.7 Å². The standard InChI is InChI=1S/C23H25BrN6O4/c1-27(2)19-11-5-15(13-21(19)29(31)32)23(26-25-18-9-7-17(24)8-10-18)16-6-12-20(28(3)4)22(14-16)30(33)34/h5-14,25,31-32H,1-4H3/q-2. The van der Waals surface area contributed by atoms with Gasteiger partial charge in [-0.05, 0) is 48.5 Å². The predicted molar refractivity (Wildman–Crippen MR) is 140 cm³/mol. The molecular formula is C23H25BrN6O4-2. The van der Waals surface area contributed by atoms with Gasteiger partial charge in [-0.25, -0.2) is 0 Å². The molecule has 11 heteroatoms. The predicted octanol–water partition coefficient (Wildman–Crippen LogP) is 4.83. The van der Waals surface area contributed by atoms with E-state index in [1.165, 1.54) is 6.07 Å². The molecule has 0 atom stereocenters. The number of hydrogen-bond donors (Lipinski definition) is 3. The minimum absolute atomic E-state index is 0.0379. The maximum atomic E-state index is 11.8. The fraction of sp³-hybridized carbons (Fsp3) is 0.174. The molecule has 0 saturated carbocycles. The molecule has 3 aromatic rings. The molecule has 0 aliphatic carbocycles. The summed E-state index contributed by atoms with van der Waals surface area (Å²) in [6.45, 7) is 0. The lowest BCUT2D eigenvalue weighted by atomic mass is 10.00. The van der Waals surface area contributed by atoms with E-state index in [0.29, 0.717) is 33.9 Å². The maximum Gasteiger partial charge on any atom is 0.118 e. The monoisotopic (exact) mass is 528 g/mol. The van der Waals surface area contributed by atoms with Crippen LogP contribution in [0.15, 0.2) is 70.2 Å². The first-order valence-electron chi connectivity index (χ1n) is 10.1. The Labute approximate surface area is 206 Å². The van der Waals surface area contributed by atoms with Gasteiger partial charge in [0.15, 0.2) is 0 Å². The number of benzene rings is 3. The zero-order chi connectivity index (χ0) is 25.0. The maximum absolute atomic E-state index is 11.8. The smallest absolute Gasteiger partial charge is 0.118 e. The highest BCUT2D eigenvalue weighted by molar-refractivity contribution is 9.10. The molecule has 0 heterocycles. The summed E-state index contributed by atoms with van der Waals surface area (Å²) in [6.07, 6.45) is 0. The molecule has 3 aromatic carbocycles. The molecule has 10 nitrogen and oxygen atoms in total. The van der Waals surface area contributed by atoms with E-state index in [-0.39, 0.29) is 16.6 Å². The normalized spacial score (nSPS) is 11.3. The average Bonchev–Trinajstić information content (AvgIpc) is 2.79. The SMILES string of the molecule is CN(C)c1ccc(C(=NNc2ccc(Br)cc2)c2ccc(N(C)C)c(N(O)O)c2)cc1N([O-])[O-]. The fourth-order valence-electron chi connectivity index (χ4n) is 3.34. The molecule has 3 N–H and O–H groups in total. The van der Waals surface area contributed by atoms with E-state index in [1.54, 1.807) is 68.3 Å². The van der Waals surface area contributed by atoms with Gasteiger partial charge in [-0.1, -0.05) is 28.1 Å². The van der Waals surface area contributed by atoms with Crippen molar-refractivity contribution in [1.29, 1.82) is 0 Å². The lowest BCUT2D eigenvalue weighted by Crippen LogP contribution is -2.19. The summed E-state index contributed by atoms with van der Waals surface area (Å²) in [5, 5.41) is 47.2. The second-order valence-corrected chi connectivity index (χ2v) is 8.74. The first-order chi connectivity index (χ1) is 16.1. The van der Waals surface area contributed by atoms with Crippen LogP contribution in [0.3, 0.4) is 0 Å². The highest BCUT2D eigenvalue weighted by Crippen LogP contribution is 2.32. The third kappa shape index (κ3) is 5.76. The van der Waals surface area contributed by atoms with Crippen LogP contribution in [0.25, 0.3) is 0 Å². The molecule has 0 amide bonds. The molecule has 180 valence electrons. The van der Waals surface area contributed by atoms with Gasteiger partial charge >= 0.3 is 0 Å². The average molecular weight is 529 g/mol. The van der Waals surface area contributed by atoms with Crippen LogP contribution in [0, 0.1) is 10.4 Å². The van der Waals surface area contributed by atoms with Crippen molar-refractivity contribution in [3.63, 3.8) is 0 Å². The van der Waals surface area contributed by atoms with Crippen molar-refractivity contribution < 1.29 is 10.4 Å². The number of nitrogens with zero attached hydrogens (tertiary/aromatic N) is 5. The third-order valence-electron chi connectivity index (χ3n) is 5.01. The molecule has 0 saturated heterocycles. The van der Waals surface area contributed by atoms with Crippen molar-refractivity contribution in [1.82, 2.24) is 0 Å². The van der Waals surface area contributed by atoms with Gasteiger partial charge in [-0.15, -0.1) is 5.23 Å². The van der Waals surface area contributed by atoms with Gasteiger partial charge in [-0.3, -0.25) is 15.8 Å². The van der Waals surface area contributed by atoms with Crippen LogP contribution in [-0.4, -0.2) is 44.3 Å². The van der Waals surface area contributed by atoms with Gasteiger partial charge in [0.2, 0.25) is 0 Å². The number of hydrogen-bond acceptors (Lipinski definition) is 10. The van der Waals surface area contributed by atoms with Gasteiger partial charge < -0.3 is 25.4 Å². The van der Waals surface area contributed by atoms with Crippen LogP contribution in [0.4, 0.5) is 28.4 Å². The number of nitrogens with one attached hydrogen (secondary N) is 1. The van der Waals surface area contributed by atoms with E-state index in [0.717, 1.165) is 4.47 Å². The molecule has 3 rings (SSSR count). The lowest BCUT2D eigenvalue weighted by molar-refractivity contribution is 0.0294. The van der Waals surface area contributed by atoms with Crippen LogP contribution in [0.2, 0.25) is 0 Å². The van der Waals surface area contributed by atoms with E-state index in [2.05, 4.69) is 26.5 Å². The van der Waals surface area contributed by atoms with Crippen molar-refractivity contribution in [2.45, 2.75) is 0 Å². The van der Waals surface area contributed by atoms with Crippen LogP contribution >= 0.6 is 15.9 Å². The second-order valence-electron chi connectivity index (χ2n) is 7.82. The molecule has 0 aromatic heterocycles. The van der Waals surface area contributed by atoms with Gasteiger partial charge in [0, 0.05) is 49.5 Å². The summed E-state index contributed by atoms with van der Waals surface area (Å²) < 4.78 is 0.909. The Bertz CT molecular complexity index is 1100. The van der Waals surface area contributed by atoms with Crippen molar-refractivity contribution in [2.24, 2.45) is 5.10 Å². The molecule has 0 spiro atoms. The van der Waals surface area contributed by atoms with Gasteiger partial charge in [0.25, 0.3) is 0 Å². The van der Waals surface area contributed by atoms with Crippen LogP contribution in [-0.2, 0) is 0 Å². The summed E-state index contributed by atoms with van der Waals surface area (Å²) in [5.74, 6) is 0. The van der Waals surface area contributed by atoms with E-state index in [9.17, 15) is 20.8 Å². The lowest BCUT2D eigenvalue weighted by Gasteiger charge is -2.40. The molecule has 0 radical (unpaired) electrons. The van der Waals surface area contributed by atoms with Crippen LogP contribution in [0.5, 0.6) is 0 Å². The van der Waals surface area contributed by atoms with E-state index >= 15 is 0 Å². The van der Waals surface area contributed by atoms with Gasteiger partial charge in [-0.2, -0.15) is 5.10 Å². The fourth-order valence-corrected chi connectivity index (χ4v) is 3.61. The quantitative estimate of drug-likeness (QED) is 0.278. The Morgan fingerprint density at radius 2 is 1.26 bits per heavy atom. The number of rotatable bonds is 8. The van der Waals surface area contributed by atoms with Crippen molar-refractivity contribution in [2.75, 3.05) is 53.9 Å². The number of halogens is 1. The Hall–Kier alpha value is -3.35. The largest absolute Gasteiger partial charge is 0.769 e. The first kappa shape index (κ1) is 25.3. The highest BCUT2D eigenvalue weighted by Gasteiger charge is 2.16. The van der Waals surface area contributed by atoms with E-state index < -0.39 is 5.23 Å². The summed E-state index contributed by atoms with van der Waals surface area (Å²) in [4.78, 5) is 3.39. The minimum Gasteiger partial charge on any atom is -0.769 e. The molecule has 34 heavy (non-hydrogen) atoms. The summed E-state index contributed by atoms with van der Waals surface area (Å²) in [7, 11) is 7.01. The number of anilines is 5. The Morgan fingerprint density at radius 3 is 1.74 bits per heavy atom. The Morgan fingerprint density at radius 1 is 0.765 bits per heavy atom. The van der Waals surface area contributed by atoms with E-state index in [4.69, 9.17) is 0 Å². The summed E-state index contributed by atoms with van der Waals surface area (Å²) in [6, 6.07) is 17.2. The Kier molecular flexibility index (Phi) is 7.97. The molecule has 0 bridgehead atoms.